The highest BCUT2D eigenvalue weighted by molar-refractivity contribution is 6.30. The van der Waals surface area contributed by atoms with Crippen molar-refractivity contribution in [1.29, 1.82) is 0 Å². The predicted octanol–water partition coefficient (Wildman–Crippen LogP) is 3.17. The quantitative estimate of drug-likeness (QED) is 0.722. The third kappa shape index (κ3) is 3.79. The molecule has 1 aliphatic carbocycles. The van der Waals surface area contributed by atoms with Crippen molar-refractivity contribution in [2.75, 3.05) is 6.54 Å². The SMILES string of the molecule is CC(Cc1cccc(Cl)c1)NC(=O)CN1C(=O)NC2(CCCc3ccccc32)C1=O. The van der Waals surface area contributed by atoms with E-state index in [1.807, 2.05) is 49.4 Å². The van der Waals surface area contributed by atoms with E-state index in [1.165, 1.54) is 0 Å². The van der Waals surface area contributed by atoms with E-state index in [2.05, 4.69) is 10.6 Å². The molecule has 4 amide bonds. The number of hydrogen-bond acceptors (Lipinski definition) is 3. The van der Waals surface area contributed by atoms with E-state index in [9.17, 15) is 14.4 Å². The molecule has 0 aromatic heterocycles. The number of aryl methyl sites for hydroxylation is 1. The van der Waals surface area contributed by atoms with Crippen LogP contribution in [-0.4, -0.2) is 35.3 Å². The van der Waals surface area contributed by atoms with Gasteiger partial charge in [-0.1, -0.05) is 48.0 Å². The lowest BCUT2D eigenvalue weighted by Gasteiger charge is -2.33. The Hall–Kier alpha value is -2.86. The van der Waals surface area contributed by atoms with Crippen LogP contribution in [-0.2, 0) is 28.0 Å². The van der Waals surface area contributed by atoms with Crippen LogP contribution in [0.15, 0.2) is 48.5 Å². The van der Waals surface area contributed by atoms with E-state index in [1.54, 1.807) is 6.07 Å². The number of nitrogens with one attached hydrogen (secondary N) is 2. The number of carbonyl (C=O) groups excluding carboxylic acids is 3. The molecule has 0 bridgehead atoms. The van der Waals surface area contributed by atoms with Crippen molar-refractivity contribution in [1.82, 2.24) is 15.5 Å². The molecule has 7 heteroatoms. The highest BCUT2D eigenvalue weighted by Crippen LogP contribution is 2.39. The maximum absolute atomic E-state index is 13.3. The molecule has 156 valence electrons. The molecule has 0 saturated carbocycles. The Kier molecular flexibility index (Phi) is 5.52. The number of fused-ring (bicyclic) bond motifs is 2. The first-order chi connectivity index (χ1) is 14.4. The van der Waals surface area contributed by atoms with Gasteiger partial charge in [-0.15, -0.1) is 0 Å². The zero-order chi connectivity index (χ0) is 21.3. The summed E-state index contributed by atoms with van der Waals surface area (Å²) in [6.07, 6.45) is 2.82. The Morgan fingerprint density at radius 1 is 1.23 bits per heavy atom. The molecule has 1 fully saturated rings. The number of rotatable bonds is 5. The number of imide groups is 1. The third-order valence-electron chi connectivity index (χ3n) is 5.79. The summed E-state index contributed by atoms with van der Waals surface area (Å²) in [7, 11) is 0. The van der Waals surface area contributed by atoms with Crippen molar-refractivity contribution in [3.8, 4) is 0 Å². The van der Waals surface area contributed by atoms with Crippen molar-refractivity contribution in [2.24, 2.45) is 0 Å². The molecule has 1 spiro atoms. The van der Waals surface area contributed by atoms with Crippen molar-refractivity contribution in [3.05, 3.63) is 70.2 Å². The van der Waals surface area contributed by atoms with Gasteiger partial charge in [0.1, 0.15) is 12.1 Å². The Morgan fingerprint density at radius 3 is 2.83 bits per heavy atom. The number of carbonyl (C=O) groups is 3. The molecule has 1 saturated heterocycles. The lowest BCUT2D eigenvalue weighted by Crippen LogP contribution is -2.47. The fourth-order valence-electron chi connectivity index (χ4n) is 4.49. The first-order valence-corrected chi connectivity index (χ1v) is 10.5. The van der Waals surface area contributed by atoms with Crippen LogP contribution in [0.1, 0.15) is 36.5 Å². The van der Waals surface area contributed by atoms with Crippen LogP contribution in [0.5, 0.6) is 0 Å². The molecule has 2 aliphatic rings. The van der Waals surface area contributed by atoms with Gasteiger partial charge < -0.3 is 10.6 Å². The van der Waals surface area contributed by atoms with Crippen LogP contribution in [0.3, 0.4) is 0 Å². The molecule has 2 atom stereocenters. The Morgan fingerprint density at radius 2 is 2.03 bits per heavy atom. The van der Waals surface area contributed by atoms with Crippen LogP contribution in [0, 0.1) is 0 Å². The molecule has 2 N–H and O–H groups in total. The van der Waals surface area contributed by atoms with Gasteiger partial charge in [-0.2, -0.15) is 0 Å². The van der Waals surface area contributed by atoms with Gasteiger partial charge >= 0.3 is 6.03 Å². The van der Waals surface area contributed by atoms with E-state index < -0.39 is 11.6 Å². The fourth-order valence-corrected chi connectivity index (χ4v) is 4.70. The third-order valence-corrected chi connectivity index (χ3v) is 6.03. The second kappa shape index (κ2) is 8.11. The number of halogens is 1. The lowest BCUT2D eigenvalue weighted by molar-refractivity contribution is -0.135. The van der Waals surface area contributed by atoms with Crippen molar-refractivity contribution in [3.63, 3.8) is 0 Å². The zero-order valence-corrected chi connectivity index (χ0v) is 17.5. The predicted molar refractivity (Wildman–Crippen MR) is 114 cm³/mol. The van der Waals surface area contributed by atoms with Gasteiger partial charge in [0.05, 0.1) is 0 Å². The average Bonchev–Trinajstić information content (AvgIpc) is 2.93. The summed E-state index contributed by atoms with van der Waals surface area (Å²) in [6, 6.07) is 14.5. The van der Waals surface area contributed by atoms with Crippen LogP contribution >= 0.6 is 11.6 Å². The number of nitrogens with zero attached hydrogens (tertiary/aromatic N) is 1. The van der Waals surface area contributed by atoms with Gasteiger partial charge in [0.2, 0.25) is 5.91 Å². The monoisotopic (exact) mass is 425 g/mol. The minimum absolute atomic E-state index is 0.166. The van der Waals surface area contributed by atoms with Gasteiger partial charge in [-0.05, 0) is 61.4 Å². The summed E-state index contributed by atoms with van der Waals surface area (Å²) >= 11 is 6.01. The number of benzene rings is 2. The van der Waals surface area contributed by atoms with E-state index in [0.717, 1.165) is 34.4 Å². The Labute approximate surface area is 180 Å². The van der Waals surface area contributed by atoms with Crippen LogP contribution in [0.4, 0.5) is 4.79 Å². The summed E-state index contributed by atoms with van der Waals surface area (Å²) < 4.78 is 0. The average molecular weight is 426 g/mol. The summed E-state index contributed by atoms with van der Waals surface area (Å²) in [4.78, 5) is 39.5. The van der Waals surface area contributed by atoms with Gasteiger partial charge in [0, 0.05) is 11.1 Å². The molecular weight excluding hydrogens is 402 g/mol. The molecule has 2 unspecified atom stereocenters. The minimum Gasteiger partial charge on any atom is -0.352 e. The van der Waals surface area contributed by atoms with E-state index in [0.29, 0.717) is 17.9 Å². The standard InChI is InChI=1S/C23H24ClN3O3/c1-15(12-16-6-4-9-18(24)13-16)25-20(28)14-27-21(29)23(26-22(27)30)11-5-8-17-7-2-3-10-19(17)23/h2-4,6-7,9-10,13,15H,5,8,11-12,14H2,1H3,(H,25,28)(H,26,30). The van der Waals surface area contributed by atoms with Crippen LogP contribution < -0.4 is 10.6 Å². The lowest BCUT2D eigenvalue weighted by atomic mass is 9.76. The van der Waals surface area contributed by atoms with Crippen molar-refractivity contribution in [2.45, 2.75) is 44.2 Å². The topological polar surface area (TPSA) is 78.5 Å². The summed E-state index contributed by atoms with van der Waals surface area (Å²) in [5, 5.41) is 6.39. The smallest absolute Gasteiger partial charge is 0.325 e. The molecule has 6 nitrogen and oxygen atoms in total. The van der Waals surface area contributed by atoms with Crippen molar-refractivity contribution < 1.29 is 14.4 Å². The largest absolute Gasteiger partial charge is 0.352 e. The van der Waals surface area contributed by atoms with Crippen molar-refractivity contribution >= 4 is 29.4 Å². The first kappa shape index (κ1) is 20.4. The molecule has 2 aromatic carbocycles. The fraction of sp³-hybridized carbons (Fsp3) is 0.348. The maximum Gasteiger partial charge on any atom is 0.325 e. The Balaban J connectivity index is 1.43. The van der Waals surface area contributed by atoms with Gasteiger partial charge in [0.25, 0.3) is 5.91 Å². The first-order valence-electron chi connectivity index (χ1n) is 10.2. The molecule has 1 heterocycles. The summed E-state index contributed by atoms with van der Waals surface area (Å²) in [5.41, 5.74) is 1.85. The molecule has 2 aromatic rings. The van der Waals surface area contributed by atoms with E-state index in [4.69, 9.17) is 11.6 Å². The van der Waals surface area contributed by atoms with Gasteiger partial charge in [-0.3, -0.25) is 14.5 Å². The minimum atomic E-state index is -1.06. The second-order valence-corrected chi connectivity index (χ2v) is 8.48. The summed E-state index contributed by atoms with van der Waals surface area (Å²) in [6.45, 7) is 1.58. The van der Waals surface area contributed by atoms with E-state index in [-0.39, 0.29) is 24.4 Å². The highest BCUT2D eigenvalue weighted by atomic mass is 35.5. The van der Waals surface area contributed by atoms with Gasteiger partial charge in [-0.25, -0.2) is 4.79 Å². The highest BCUT2D eigenvalue weighted by Gasteiger charge is 2.54. The Bertz CT molecular complexity index is 1010. The zero-order valence-electron chi connectivity index (χ0n) is 16.8. The van der Waals surface area contributed by atoms with E-state index >= 15 is 0 Å². The maximum atomic E-state index is 13.3. The second-order valence-electron chi connectivity index (χ2n) is 8.04. The normalized spacial score (nSPS) is 21.3. The molecule has 4 rings (SSSR count). The number of urea groups is 1. The van der Waals surface area contributed by atoms with Crippen LogP contribution in [0.2, 0.25) is 5.02 Å². The van der Waals surface area contributed by atoms with Gasteiger partial charge in [0.15, 0.2) is 0 Å². The summed E-state index contributed by atoms with van der Waals surface area (Å²) in [5.74, 6) is -0.716. The molecular formula is C23H24ClN3O3. The molecule has 1 aliphatic heterocycles. The number of hydrogen-bond donors (Lipinski definition) is 2. The molecule has 30 heavy (non-hydrogen) atoms. The molecule has 0 radical (unpaired) electrons. The number of amides is 4. The van der Waals surface area contributed by atoms with Crippen LogP contribution in [0.25, 0.3) is 0 Å².